The number of aliphatic hydroxyl groups is 1. The number of fused-ring (bicyclic) bond motifs is 1. The third kappa shape index (κ3) is 12.7. The Hall–Kier alpha value is -5.66. The van der Waals surface area contributed by atoms with Crippen molar-refractivity contribution >= 4 is 28.8 Å². The first-order chi connectivity index (χ1) is 30.0. The number of likely N-dealkylation sites (tertiary alicyclic amines) is 1. The van der Waals surface area contributed by atoms with Gasteiger partial charge in [-0.3, -0.25) is 28.4 Å². The Morgan fingerprint density at radius 2 is 1.44 bits per heavy atom. The number of nitrogens with one attached hydrogen (secondary N) is 3. The average Bonchev–Trinajstić information content (AvgIpc) is 3.62. The van der Waals surface area contributed by atoms with Gasteiger partial charge in [0.25, 0.3) is 11.5 Å². The van der Waals surface area contributed by atoms with Gasteiger partial charge >= 0.3 is 0 Å². The van der Waals surface area contributed by atoms with Crippen LogP contribution in [0.5, 0.6) is 0 Å². The minimum absolute atomic E-state index is 0.00585. The number of carbonyl (C=O) groups is 3. The standard InChI is InChI=1S/C49H64N8O5/c1-36-17-13-14-20-41(36)47(60)52-28-16-9-7-5-4-6-8-15-27-51-42(58)33-50-32-38-21-23-40(24-22-38)46-44-45(54-55(46)3)48(61)57(35-53-44)34-49(62)25-29-56(30-26-49)43(59)31-37(2)39-18-11-10-12-19-39/h10-14,17-24,35,37,50,62H,4-9,15-16,25-34H2,1-3H3,(H,51,58)(H,52,60). The fourth-order valence-corrected chi connectivity index (χ4v) is 8.30. The average molecular weight is 845 g/mol. The molecule has 1 fully saturated rings. The maximum atomic E-state index is 13.6. The molecule has 3 heterocycles. The highest BCUT2D eigenvalue weighted by atomic mass is 16.3. The number of hydrogen-bond acceptors (Lipinski definition) is 8. The van der Waals surface area contributed by atoms with Crippen LogP contribution in [0.15, 0.2) is 90.0 Å². The molecule has 1 aliphatic rings. The van der Waals surface area contributed by atoms with Gasteiger partial charge in [0.1, 0.15) is 5.52 Å². The van der Waals surface area contributed by atoms with E-state index in [1.54, 1.807) is 11.7 Å². The second kappa shape index (κ2) is 22.4. The summed E-state index contributed by atoms with van der Waals surface area (Å²) in [5, 5.41) is 25.3. The first-order valence-electron chi connectivity index (χ1n) is 22.4. The Morgan fingerprint density at radius 1 is 0.806 bits per heavy atom. The number of nitrogens with zero attached hydrogens (tertiary/aromatic N) is 5. The van der Waals surface area contributed by atoms with E-state index < -0.39 is 5.60 Å². The van der Waals surface area contributed by atoms with Gasteiger partial charge in [0.05, 0.1) is 30.7 Å². The molecule has 0 bridgehead atoms. The van der Waals surface area contributed by atoms with E-state index in [0.717, 1.165) is 65.6 Å². The molecular formula is C49H64N8O5. The largest absolute Gasteiger partial charge is 0.388 e. The molecule has 62 heavy (non-hydrogen) atoms. The van der Waals surface area contributed by atoms with Crippen molar-refractivity contribution in [1.82, 2.24) is 40.2 Å². The summed E-state index contributed by atoms with van der Waals surface area (Å²) in [6.45, 7) is 7.08. The summed E-state index contributed by atoms with van der Waals surface area (Å²) >= 11 is 0. The first kappa shape index (κ1) is 45.9. The van der Waals surface area contributed by atoms with Crippen molar-refractivity contribution in [2.45, 2.75) is 109 Å². The summed E-state index contributed by atoms with van der Waals surface area (Å²) < 4.78 is 3.10. The van der Waals surface area contributed by atoms with Gasteiger partial charge in [-0.15, -0.1) is 0 Å². The van der Waals surface area contributed by atoms with Crippen molar-refractivity contribution < 1.29 is 19.5 Å². The maximum absolute atomic E-state index is 13.6. The Bertz CT molecular complexity index is 2300. The summed E-state index contributed by atoms with van der Waals surface area (Å²) in [4.78, 5) is 57.9. The van der Waals surface area contributed by atoms with Crippen LogP contribution in [0.1, 0.15) is 111 Å². The number of rotatable bonds is 22. The topological polar surface area (TPSA) is 163 Å². The van der Waals surface area contributed by atoms with Crippen LogP contribution >= 0.6 is 0 Å². The summed E-state index contributed by atoms with van der Waals surface area (Å²) in [6.07, 6.45) is 11.5. The van der Waals surface area contributed by atoms with Gasteiger partial charge in [0, 0.05) is 57.3 Å². The monoisotopic (exact) mass is 844 g/mol. The van der Waals surface area contributed by atoms with E-state index in [0.29, 0.717) is 57.5 Å². The van der Waals surface area contributed by atoms with Crippen molar-refractivity contribution in [3.05, 3.63) is 118 Å². The van der Waals surface area contributed by atoms with E-state index in [1.165, 1.54) is 30.2 Å². The second-order valence-electron chi connectivity index (χ2n) is 17.0. The van der Waals surface area contributed by atoms with Crippen LogP contribution in [0.2, 0.25) is 0 Å². The van der Waals surface area contributed by atoms with Gasteiger partial charge in [-0.1, -0.05) is 118 Å². The van der Waals surface area contributed by atoms with Crippen molar-refractivity contribution in [3.63, 3.8) is 0 Å². The Morgan fingerprint density at radius 3 is 2.11 bits per heavy atom. The fraction of sp³-hybridized carbons (Fsp3) is 0.469. The van der Waals surface area contributed by atoms with Crippen LogP contribution in [0.25, 0.3) is 22.3 Å². The van der Waals surface area contributed by atoms with Crippen LogP contribution in [0.3, 0.4) is 0 Å². The highest BCUT2D eigenvalue weighted by Gasteiger charge is 2.35. The molecule has 0 saturated carbocycles. The molecule has 13 heteroatoms. The quantitative estimate of drug-likeness (QED) is 0.0582. The summed E-state index contributed by atoms with van der Waals surface area (Å²) in [5.41, 5.74) is 4.73. The lowest BCUT2D eigenvalue weighted by molar-refractivity contribution is -0.136. The molecule has 1 atom stereocenters. The molecule has 0 aliphatic carbocycles. The van der Waals surface area contributed by atoms with E-state index in [1.807, 2.05) is 90.7 Å². The Balaban J connectivity index is 0.854. The summed E-state index contributed by atoms with van der Waals surface area (Å²) in [7, 11) is 1.79. The number of aromatic nitrogens is 4. The number of carbonyl (C=O) groups excluding carboxylic acids is 3. The second-order valence-corrected chi connectivity index (χ2v) is 17.0. The highest BCUT2D eigenvalue weighted by molar-refractivity contribution is 5.95. The van der Waals surface area contributed by atoms with E-state index in [9.17, 15) is 24.3 Å². The van der Waals surface area contributed by atoms with E-state index in [4.69, 9.17) is 0 Å². The lowest BCUT2D eigenvalue weighted by Gasteiger charge is -2.38. The van der Waals surface area contributed by atoms with E-state index >= 15 is 0 Å². The molecule has 1 saturated heterocycles. The van der Waals surface area contributed by atoms with Crippen LogP contribution in [-0.4, -0.2) is 85.4 Å². The molecule has 5 aromatic rings. The number of aryl methyl sites for hydroxylation is 2. The molecule has 0 spiro atoms. The van der Waals surface area contributed by atoms with Gasteiger partial charge in [0.15, 0.2) is 5.52 Å². The number of piperidine rings is 1. The zero-order valence-electron chi connectivity index (χ0n) is 36.7. The van der Waals surface area contributed by atoms with Crippen LogP contribution in [0.4, 0.5) is 0 Å². The minimum Gasteiger partial charge on any atom is -0.388 e. The van der Waals surface area contributed by atoms with Crippen LogP contribution in [-0.2, 0) is 29.7 Å². The molecule has 1 unspecified atom stereocenters. The molecule has 0 radical (unpaired) electrons. The minimum atomic E-state index is -1.14. The zero-order chi connectivity index (χ0) is 43.9. The van der Waals surface area contributed by atoms with Gasteiger partial charge in [-0.25, -0.2) is 4.98 Å². The zero-order valence-corrected chi connectivity index (χ0v) is 36.7. The van der Waals surface area contributed by atoms with Gasteiger partial charge in [-0.2, -0.15) is 5.10 Å². The molecule has 13 nitrogen and oxygen atoms in total. The number of amides is 3. The highest BCUT2D eigenvalue weighted by Crippen LogP contribution is 2.28. The Kier molecular flexibility index (Phi) is 16.6. The molecule has 6 rings (SSSR count). The number of hydrogen-bond donors (Lipinski definition) is 4. The fourth-order valence-electron chi connectivity index (χ4n) is 8.30. The lowest BCUT2D eigenvalue weighted by Crippen LogP contribution is -2.49. The van der Waals surface area contributed by atoms with E-state index in [-0.39, 0.29) is 47.8 Å². The number of benzene rings is 3. The molecular weight excluding hydrogens is 781 g/mol. The van der Waals surface area contributed by atoms with Crippen molar-refractivity contribution in [1.29, 1.82) is 0 Å². The summed E-state index contributed by atoms with van der Waals surface area (Å²) in [6, 6.07) is 25.6. The van der Waals surface area contributed by atoms with Gasteiger partial charge in [-0.05, 0) is 61.3 Å². The first-order valence-corrected chi connectivity index (χ1v) is 22.4. The molecule has 4 N–H and O–H groups in total. The smallest absolute Gasteiger partial charge is 0.281 e. The predicted octanol–water partition coefficient (Wildman–Crippen LogP) is 6.41. The van der Waals surface area contributed by atoms with Crippen LogP contribution < -0.4 is 21.5 Å². The predicted molar refractivity (Wildman–Crippen MR) is 244 cm³/mol. The SMILES string of the molecule is Cc1ccccc1C(=O)NCCCCCCCCCCNC(=O)CNCc1ccc(-c2c3ncn(CC4(O)CCN(C(=O)CC(C)c5ccccc5)CC4)c(=O)c3nn2C)cc1. The van der Waals surface area contributed by atoms with Gasteiger partial charge < -0.3 is 26.0 Å². The van der Waals surface area contributed by atoms with Crippen molar-refractivity contribution in [3.8, 4) is 11.3 Å². The maximum Gasteiger partial charge on any atom is 0.281 e. The van der Waals surface area contributed by atoms with Crippen molar-refractivity contribution in [2.75, 3.05) is 32.7 Å². The molecule has 3 amide bonds. The molecule has 1 aliphatic heterocycles. The Labute approximate surface area is 365 Å². The summed E-state index contributed by atoms with van der Waals surface area (Å²) in [5.74, 6) is 0.162. The van der Waals surface area contributed by atoms with Gasteiger partial charge in [0.2, 0.25) is 11.8 Å². The number of unbranched alkanes of at least 4 members (excludes halogenated alkanes) is 7. The molecule has 330 valence electrons. The molecule has 2 aromatic heterocycles. The van der Waals surface area contributed by atoms with Crippen molar-refractivity contribution in [2.24, 2.45) is 7.05 Å². The lowest BCUT2D eigenvalue weighted by atomic mass is 9.90. The third-order valence-electron chi connectivity index (χ3n) is 12.1. The molecule has 3 aromatic carbocycles. The van der Waals surface area contributed by atoms with E-state index in [2.05, 4.69) is 33.0 Å². The van der Waals surface area contributed by atoms with Crippen LogP contribution in [0, 0.1) is 6.92 Å². The normalized spacial score (nSPS) is 14.2. The third-order valence-corrected chi connectivity index (χ3v) is 12.1.